The lowest BCUT2D eigenvalue weighted by Crippen LogP contribution is -2.49. The molecule has 4 aliphatic rings. The SMILES string of the molecule is CS(=O)(=O)c1cc(N2CCCS2(=O)=O)ccc1C(=O)N1CCN(c2ncc(C3CC3)cc2C2CC2)CC1. The van der Waals surface area contributed by atoms with Crippen LogP contribution >= 0.6 is 0 Å². The Labute approximate surface area is 218 Å². The van der Waals surface area contributed by atoms with Crippen molar-refractivity contribution in [2.75, 3.05) is 53.9 Å². The molecular formula is C26H32N4O5S2. The number of carbonyl (C=O) groups is 1. The Morgan fingerprint density at radius 3 is 2.27 bits per heavy atom. The van der Waals surface area contributed by atoms with Crippen LogP contribution in [0.3, 0.4) is 0 Å². The zero-order valence-corrected chi connectivity index (χ0v) is 22.6. The van der Waals surface area contributed by atoms with Gasteiger partial charge in [0, 0.05) is 45.2 Å². The van der Waals surface area contributed by atoms with E-state index in [1.807, 2.05) is 6.20 Å². The van der Waals surface area contributed by atoms with E-state index in [1.54, 1.807) is 4.90 Å². The average molecular weight is 545 g/mol. The third-order valence-corrected chi connectivity index (χ3v) is 10.8. The fourth-order valence-electron chi connectivity index (χ4n) is 5.46. The summed E-state index contributed by atoms with van der Waals surface area (Å²) in [5.41, 5.74) is 3.04. The molecule has 0 bridgehead atoms. The molecule has 2 saturated heterocycles. The molecule has 2 aromatic rings. The molecule has 37 heavy (non-hydrogen) atoms. The first-order chi connectivity index (χ1) is 17.6. The van der Waals surface area contributed by atoms with Crippen molar-refractivity contribution < 1.29 is 21.6 Å². The number of sulfonamides is 1. The first kappa shape index (κ1) is 24.7. The lowest BCUT2D eigenvalue weighted by atomic mass is 10.1. The molecule has 4 fully saturated rings. The first-order valence-electron chi connectivity index (χ1n) is 13.0. The van der Waals surface area contributed by atoms with Gasteiger partial charge in [-0.1, -0.05) is 6.07 Å². The Hall–Kier alpha value is -2.66. The molecule has 0 radical (unpaired) electrons. The van der Waals surface area contributed by atoms with E-state index in [9.17, 15) is 21.6 Å². The Balaban J connectivity index is 1.21. The molecule has 9 nitrogen and oxygen atoms in total. The van der Waals surface area contributed by atoms with E-state index < -0.39 is 19.9 Å². The fourth-order valence-corrected chi connectivity index (χ4v) is 7.91. The van der Waals surface area contributed by atoms with Gasteiger partial charge in [0.25, 0.3) is 5.91 Å². The number of anilines is 2. The van der Waals surface area contributed by atoms with Crippen LogP contribution in [0.4, 0.5) is 11.5 Å². The zero-order chi connectivity index (χ0) is 25.9. The molecule has 1 aromatic carbocycles. The van der Waals surface area contributed by atoms with E-state index in [4.69, 9.17) is 4.98 Å². The van der Waals surface area contributed by atoms with Gasteiger partial charge in [0.05, 0.1) is 21.9 Å². The third-order valence-electron chi connectivity index (χ3n) is 7.83. The number of aromatic nitrogens is 1. The zero-order valence-electron chi connectivity index (χ0n) is 21.0. The van der Waals surface area contributed by atoms with Crippen LogP contribution in [0.1, 0.15) is 65.4 Å². The fraction of sp³-hybridized carbons (Fsp3) is 0.538. The van der Waals surface area contributed by atoms with Crippen molar-refractivity contribution in [1.82, 2.24) is 9.88 Å². The molecular weight excluding hydrogens is 512 g/mol. The molecule has 11 heteroatoms. The van der Waals surface area contributed by atoms with E-state index in [-0.39, 0.29) is 27.8 Å². The number of amides is 1. The molecule has 0 spiro atoms. The van der Waals surface area contributed by atoms with Crippen molar-refractivity contribution in [2.45, 2.75) is 48.8 Å². The summed E-state index contributed by atoms with van der Waals surface area (Å²) in [5.74, 6) is 1.94. The van der Waals surface area contributed by atoms with Gasteiger partial charge in [-0.25, -0.2) is 21.8 Å². The van der Waals surface area contributed by atoms with Gasteiger partial charge in [0.1, 0.15) is 5.82 Å². The molecule has 2 saturated carbocycles. The second kappa shape index (κ2) is 8.97. The van der Waals surface area contributed by atoms with Crippen LogP contribution in [-0.2, 0) is 19.9 Å². The smallest absolute Gasteiger partial charge is 0.255 e. The maximum atomic E-state index is 13.5. The van der Waals surface area contributed by atoms with Crippen molar-refractivity contribution >= 4 is 37.3 Å². The van der Waals surface area contributed by atoms with E-state index in [2.05, 4.69) is 11.0 Å². The number of piperazine rings is 1. The van der Waals surface area contributed by atoms with Gasteiger partial charge in [-0.2, -0.15) is 0 Å². The summed E-state index contributed by atoms with van der Waals surface area (Å²) < 4.78 is 51.2. The predicted molar refractivity (Wildman–Crippen MR) is 142 cm³/mol. The number of carbonyl (C=O) groups excluding carboxylic acids is 1. The molecule has 2 aliphatic carbocycles. The second-order valence-corrected chi connectivity index (χ2v) is 14.7. The average Bonchev–Trinajstić information content (AvgIpc) is 3.80. The molecule has 2 aliphatic heterocycles. The minimum Gasteiger partial charge on any atom is -0.353 e. The van der Waals surface area contributed by atoms with Crippen LogP contribution in [0.25, 0.3) is 0 Å². The molecule has 0 unspecified atom stereocenters. The Morgan fingerprint density at radius 1 is 0.973 bits per heavy atom. The molecule has 3 heterocycles. The van der Waals surface area contributed by atoms with Crippen molar-refractivity contribution in [3.63, 3.8) is 0 Å². The van der Waals surface area contributed by atoms with Gasteiger partial charge >= 0.3 is 0 Å². The van der Waals surface area contributed by atoms with Crippen molar-refractivity contribution in [2.24, 2.45) is 0 Å². The van der Waals surface area contributed by atoms with Crippen LogP contribution in [0.15, 0.2) is 35.4 Å². The summed E-state index contributed by atoms with van der Waals surface area (Å²) in [7, 11) is -7.23. The van der Waals surface area contributed by atoms with Crippen LogP contribution in [0, 0.1) is 0 Å². The summed E-state index contributed by atoms with van der Waals surface area (Å²) in [6.07, 6.45) is 8.44. The van der Waals surface area contributed by atoms with Gasteiger partial charge in [-0.15, -0.1) is 0 Å². The van der Waals surface area contributed by atoms with Gasteiger partial charge in [-0.05, 0) is 73.3 Å². The lowest BCUT2D eigenvalue weighted by Gasteiger charge is -2.36. The quantitative estimate of drug-likeness (QED) is 0.550. The van der Waals surface area contributed by atoms with E-state index in [0.717, 1.165) is 12.1 Å². The van der Waals surface area contributed by atoms with Crippen LogP contribution in [-0.4, -0.2) is 77.4 Å². The number of nitrogens with zero attached hydrogens (tertiary/aromatic N) is 4. The highest BCUT2D eigenvalue weighted by molar-refractivity contribution is 7.93. The summed E-state index contributed by atoms with van der Waals surface area (Å²) >= 11 is 0. The maximum absolute atomic E-state index is 13.5. The van der Waals surface area contributed by atoms with Gasteiger partial charge < -0.3 is 9.80 Å². The number of rotatable bonds is 6. The first-order valence-corrected chi connectivity index (χ1v) is 16.5. The van der Waals surface area contributed by atoms with Crippen molar-refractivity contribution in [3.8, 4) is 0 Å². The highest BCUT2D eigenvalue weighted by Gasteiger charge is 2.34. The van der Waals surface area contributed by atoms with Gasteiger partial charge in [-0.3, -0.25) is 9.10 Å². The summed E-state index contributed by atoms with van der Waals surface area (Å²) in [6.45, 7) is 2.47. The van der Waals surface area contributed by atoms with Crippen molar-refractivity contribution in [3.05, 3.63) is 47.2 Å². The van der Waals surface area contributed by atoms with Crippen LogP contribution < -0.4 is 9.21 Å². The number of benzene rings is 1. The minimum absolute atomic E-state index is 0.0345. The third kappa shape index (κ3) is 4.83. The van der Waals surface area contributed by atoms with Crippen LogP contribution in [0.5, 0.6) is 0 Å². The highest BCUT2D eigenvalue weighted by atomic mass is 32.2. The maximum Gasteiger partial charge on any atom is 0.255 e. The Kier molecular flexibility index (Phi) is 5.98. The monoisotopic (exact) mass is 544 g/mol. The molecule has 0 N–H and O–H groups in total. The Morgan fingerprint density at radius 2 is 1.68 bits per heavy atom. The standard InChI is InChI=1S/C26H32N4O5S2/c1-36(32,33)24-16-21(30-9-2-14-37(30,34)35)7-8-22(24)26(31)29-12-10-28(11-13-29)25-23(19-5-6-19)15-20(17-27-25)18-3-4-18/h7-8,15-19H,2-6,9-14H2,1H3. The molecule has 198 valence electrons. The molecule has 0 atom stereocenters. The van der Waals surface area contributed by atoms with Gasteiger partial charge in [0.15, 0.2) is 9.84 Å². The highest BCUT2D eigenvalue weighted by Crippen LogP contribution is 2.47. The molecule has 6 rings (SSSR count). The number of hydrogen-bond donors (Lipinski definition) is 0. The number of pyridine rings is 1. The van der Waals surface area contributed by atoms with Gasteiger partial charge in [0.2, 0.25) is 10.0 Å². The second-order valence-electron chi connectivity index (χ2n) is 10.7. The minimum atomic E-state index is -3.76. The lowest BCUT2D eigenvalue weighted by molar-refractivity contribution is 0.0742. The normalized spacial score (nSPS) is 21.9. The Bertz CT molecular complexity index is 1460. The predicted octanol–water partition coefficient (Wildman–Crippen LogP) is 2.74. The molecule has 1 aromatic heterocycles. The summed E-state index contributed by atoms with van der Waals surface area (Å²) in [5, 5.41) is 0. The summed E-state index contributed by atoms with van der Waals surface area (Å²) in [6, 6.07) is 6.66. The number of hydrogen-bond acceptors (Lipinski definition) is 7. The van der Waals surface area contributed by atoms with E-state index in [1.165, 1.54) is 59.3 Å². The molecule has 1 amide bonds. The topological polar surface area (TPSA) is 108 Å². The van der Waals surface area contributed by atoms with Crippen LogP contribution in [0.2, 0.25) is 0 Å². The number of sulfone groups is 1. The summed E-state index contributed by atoms with van der Waals surface area (Å²) in [4.78, 5) is 22.1. The largest absolute Gasteiger partial charge is 0.353 e. The van der Waals surface area contributed by atoms with E-state index >= 15 is 0 Å². The van der Waals surface area contributed by atoms with E-state index in [0.29, 0.717) is 51.0 Å². The van der Waals surface area contributed by atoms with Crippen molar-refractivity contribution in [1.29, 1.82) is 0 Å².